The molecule has 1 saturated heterocycles. The van der Waals surface area contributed by atoms with Gasteiger partial charge >= 0.3 is 0 Å². The molecule has 1 aliphatic rings. The Hall–Kier alpha value is -2.33. The molecule has 0 amide bonds. The van der Waals surface area contributed by atoms with Gasteiger partial charge in [-0.2, -0.15) is 0 Å². The van der Waals surface area contributed by atoms with Crippen LogP contribution in [0, 0.1) is 5.92 Å². The van der Waals surface area contributed by atoms with E-state index in [-0.39, 0.29) is 18.0 Å². The van der Waals surface area contributed by atoms with Gasteiger partial charge in [-0.1, -0.05) is 37.6 Å². The maximum absolute atomic E-state index is 12.9. The van der Waals surface area contributed by atoms with E-state index in [1.54, 1.807) is 14.2 Å². The van der Waals surface area contributed by atoms with Crippen molar-refractivity contribution in [1.29, 1.82) is 0 Å². The van der Waals surface area contributed by atoms with Gasteiger partial charge in [0.15, 0.2) is 0 Å². The second-order valence-electron chi connectivity index (χ2n) is 6.81. The Bertz CT molecular complexity index is 724. The van der Waals surface area contributed by atoms with Crippen LogP contribution in [0.4, 0.5) is 0 Å². The zero-order valence-corrected chi connectivity index (χ0v) is 15.7. The van der Waals surface area contributed by atoms with Crippen LogP contribution in [0.5, 0.6) is 11.5 Å². The molecule has 4 nitrogen and oxygen atoms in total. The number of piperidine rings is 1. The number of benzene rings is 2. The lowest BCUT2D eigenvalue weighted by Crippen LogP contribution is -2.42. The number of methoxy groups -OCH3 is 2. The standard InChI is InChI=1S/C22H27NO3/c1-4-5-19-21(24)14-20(15-6-10-17(25-2)11-7-15)23-22(19)16-8-12-18(26-3)13-9-16/h6-13,19-20,22-23H,4-5,14H2,1-3H3/t19-,20-,22+/m1/s1. The van der Waals surface area contributed by atoms with Crippen molar-refractivity contribution in [2.45, 2.75) is 38.3 Å². The van der Waals surface area contributed by atoms with Crippen molar-refractivity contribution >= 4 is 5.78 Å². The number of rotatable bonds is 6. The van der Waals surface area contributed by atoms with Crippen molar-refractivity contribution in [2.75, 3.05) is 14.2 Å². The quantitative estimate of drug-likeness (QED) is 0.833. The van der Waals surface area contributed by atoms with Gasteiger partial charge in [0.1, 0.15) is 17.3 Å². The van der Waals surface area contributed by atoms with Gasteiger partial charge in [-0.15, -0.1) is 0 Å². The SMILES string of the molecule is CCC[C@@H]1C(=O)C[C@H](c2ccc(OC)cc2)N[C@H]1c1ccc(OC)cc1. The second kappa shape index (κ2) is 8.37. The fourth-order valence-corrected chi connectivity index (χ4v) is 3.76. The lowest BCUT2D eigenvalue weighted by molar-refractivity contribution is -0.127. The predicted octanol–water partition coefficient (Wildman–Crippen LogP) is 4.46. The predicted molar refractivity (Wildman–Crippen MR) is 103 cm³/mol. The van der Waals surface area contributed by atoms with Crippen LogP contribution in [-0.4, -0.2) is 20.0 Å². The van der Waals surface area contributed by atoms with Crippen LogP contribution in [0.15, 0.2) is 48.5 Å². The summed E-state index contributed by atoms with van der Waals surface area (Å²) < 4.78 is 10.5. The van der Waals surface area contributed by atoms with Gasteiger partial charge in [0, 0.05) is 24.4 Å². The number of carbonyl (C=O) groups is 1. The summed E-state index contributed by atoms with van der Waals surface area (Å²) >= 11 is 0. The lowest BCUT2D eigenvalue weighted by Gasteiger charge is -2.37. The van der Waals surface area contributed by atoms with E-state index in [1.807, 2.05) is 36.4 Å². The average molecular weight is 353 g/mol. The number of carbonyl (C=O) groups excluding carboxylic acids is 1. The monoisotopic (exact) mass is 353 g/mol. The average Bonchev–Trinajstić information content (AvgIpc) is 2.69. The van der Waals surface area contributed by atoms with Gasteiger partial charge in [0.2, 0.25) is 0 Å². The van der Waals surface area contributed by atoms with E-state index in [1.165, 1.54) is 0 Å². The first-order chi connectivity index (χ1) is 12.7. The summed E-state index contributed by atoms with van der Waals surface area (Å²) in [6, 6.07) is 16.0. The highest BCUT2D eigenvalue weighted by Crippen LogP contribution is 2.37. The van der Waals surface area contributed by atoms with Crippen molar-refractivity contribution in [2.24, 2.45) is 5.92 Å². The van der Waals surface area contributed by atoms with Crippen LogP contribution in [0.25, 0.3) is 0 Å². The molecule has 0 unspecified atom stereocenters. The topological polar surface area (TPSA) is 47.6 Å². The fourth-order valence-electron chi connectivity index (χ4n) is 3.76. The lowest BCUT2D eigenvalue weighted by atomic mass is 9.79. The molecule has 2 aromatic rings. The van der Waals surface area contributed by atoms with Crippen LogP contribution in [-0.2, 0) is 4.79 Å². The molecule has 0 bridgehead atoms. The molecule has 3 atom stereocenters. The highest BCUT2D eigenvalue weighted by atomic mass is 16.5. The zero-order valence-electron chi connectivity index (χ0n) is 15.7. The van der Waals surface area contributed by atoms with E-state index in [9.17, 15) is 4.79 Å². The summed E-state index contributed by atoms with van der Waals surface area (Å²) in [5, 5.41) is 3.72. The third-order valence-corrected chi connectivity index (χ3v) is 5.19. The molecule has 0 radical (unpaired) electrons. The first-order valence-electron chi connectivity index (χ1n) is 9.23. The number of hydrogen-bond donors (Lipinski definition) is 1. The summed E-state index contributed by atoms with van der Waals surface area (Å²) in [6.45, 7) is 2.13. The van der Waals surface area contributed by atoms with Crippen LogP contribution in [0.3, 0.4) is 0 Å². The van der Waals surface area contributed by atoms with Crippen LogP contribution in [0.2, 0.25) is 0 Å². The Kier molecular flexibility index (Phi) is 5.94. The molecule has 2 aromatic carbocycles. The van der Waals surface area contributed by atoms with Crippen molar-refractivity contribution in [3.8, 4) is 11.5 Å². The third-order valence-electron chi connectivity index (χ3n) is 5.19. The van der Waals surface area contributed by atoms with Crippen molar-refractivity contribution in [3.05, 3.63) is 59.7 Å². The molecule has 0 saturated carbocycles. The maximum atomic E-state index is 12.9. The molecule has 0 aromatic heterocycles. The molecule has 1 N–H and O–H groups in total. The third kappa shape index (κ3) is 3.91. The Morgan fingerprint density at radius 2 is 1.46 bits per heavy atom. The molecule has 1 aliphatic heterocycles. The molecule has 0 aliphatic carbocycles. The Morgan fingerprint density at radius 3 is 1.96 bits per heavy atom. The number of ketones is 1. The van der Waals surface area contributed by atoms with E-state index in [0.717, 1.165) is 35.5 Å². The van der Waals surface area contributed by atoms with E-state index in [2.05, 4.69) is 24.4 Å². The molecule has 4 heteroatoms. The van der Waals surface area contributed by atoms with Gasteiger partial charge in [-0.3, -0.25) is 4.79 Å². The Labute approximate surface area is 155 Å². The summed E-state index contributed by atoms with van der Waals surface area (Å²) in [5.74, 6) is 2.01. The largest absolute Gasteiger partial charge is 0.497 e. The van der Waals surface area contributed by atoms with Gasteiger partial charge in [0.25, 0.3) is 0 Å². The molecule has 1 heterocycles. The minimum absolute atomic E-state index is 0.0166. The highest BCUT2D eigenvalue weighted by Gasteiger charge is 2.36. The van der Waals surface area contributed by atoms with Crippen LogP contribution >= 0.6 is 0 Å². The first kappa shape index (κ1) is 18.5. The Balaban J connectivity index is 1.87. The zero-order chi connectivity index (χ0) is 18.5. The summed E-state index contributed by atoms with van der Waals surface area (Å²) in [5.41, 5.74) is 2.25. The van der Waals surface area contributed by atoms with Crippen molar-refractivity contribution in [1.82, 2.24) is 5.32 Å². The van der Waals surface area contributed by atoms with Crippen LogP contribution in [0.1, 0.15) is 49.4 Å². The number of hydrogen-bond acceptors (Lipinski definition) is 4. The number of Topliss-reactive ketones (excluding diaryl/α,β-unsaturated/α-hetero) is 1. The molecule has 138 valence electrons. The van der Waals surface area contributed by atoms with Crippen molar-refractivity contribution < 1.29 is 14.3 Å². The maximum Gasteiger partial charge on any atom is 0.139 e. The van der Waals surface area contributed by atoms with Gasteiger partial charge < -0.3 is 14.8 Å². The normalized spacial score (nSPS) is 22.9. The van der Waals surface area contributed by atoms with Gasteiger partial charge in [0.05, 0.1) is 14.2 Å². The smallest absolute Gasteiger partial charge is 0.139 e. The number of ether oxygens (including phenoxy) is 2. The first-order valence-corrected chi connectivity index (χ1v) is 9.23. The highest BCUT2D eigenvalue weighted by molar-refractivity contribution is 5.83. The van der Waals surface area contributed by atoms with Gasteiger partial charge in [-0.25, -0.2) is 0 Å². The van der Waals surface area contributed by atoms with E-state index in [4.69, 9.17) is 9.47 Å². The molecular formula is C22H27NO3. The molecule has 0 spiro atoms. The molecular weight excluding hydrogens is 326 g/mol. The Morgan fingerprint density at radius 1 is 0.923 bits per heavy atom. The summed E-state index contributed by atoms with van der Waals surface area (Å²) in [7, 11) is 3.32. The van der Waals surface area contributed by atoms with Crippen molar-refractivity contribution in [3.63, 3.8) is 0 Å². The number of nitrogens with one attached hydrogen (secondary N) is 1. The van der Waals surface area contributed by atoms with Crippen LogP contribution < -0.4 is 14.8 Å². The van der Waals surface area contributed by atoms with E-state index in [0.29, 0.717) is 12.2 Å². The second-order valence-corrected chi connectivity index (χ2v) is 6.81. The van der Waals surface area contributed by atoms with E-state index < -0.39 is 0 Å². The van der Waals surface area contributed by atoms with E-state index >= 15 is 0 Å². The summed E-state index contributed by atoms with van der Waals surface area (Å²) in [6.07, 6.45) is 2.43. The summed E-state index contributed by atoms with van der Waals surface area (Å²) in [4.78, 5) is 12.9. The van der Waals surface area contributed by atoms with Gasteiger partial charge in [-0.05, 0) is 41.8 Å². The molecule has 3 rings (SSSR count). The molecule has 1 fully saturated rings. The fraction of sp³-hybridized carbons (Fsp3) is 0.409. The minimum Gasteiger partial charge on any atom is -0.497 e. The minimum atomic E-state index is 0.0166. The molecule has 26 heavy (non-hydrogen) atoms.